The van der Waals surface area contributed by atoms with Gasteiger partial charge in [0.25, 0.3) is 0 Å². The number of hydrogen-bond acceptors (Lipinski definition) is 2. The summed E-state index contributed by atoms with van der Waals surface area (Å²) < 4.78 is 1.20. The molecular weight excluding hydrogens is 519 g/mol. The molecule has 4 aromatic carbocycles. The summed E-state index contributed by atoms with van der Waals surface area (Å²) in [4.78, 5) is 0. The third kappa shape index (κ3) is 10.9. The van der Waals surface area contributed by atoms with E-state index in [0.29, 0.717) is 0 Å². The van der Waals surface area contributed by atoms with E-state index in [4.69, 9.17) is 10.2 Å². The van der Waals surface area contributed by atoms with Gasteiger partial charge < -0.3 is 10.2 Å². The summed E-state index contributed by atoms with van der Waals surface area (Å²) in [5.74, 6) is 0. The van der Waals surface area contributed by atoms with Crippen LogP contribution in [0.15, 0.2) is 116 Å². The molecule has 4 rings (SSSR count). The summed E-state index contributed by atoms with van der Waals surface area (Å²) in [6, 6.07) is 35.9. The third-order valence-electron chi connectivity index (χ3n) is 4.56. The molecule has 2 N–H and O–H groups in total. The van der Waals surface area contributed by atoms with E-state index >= 15 is 0 Å². The number of halogens is 1. The zero-order chi connectivity index (χ0) is 23.7. The lowest BCUT2D eigenvalue weighted by atomic mass is 10.1. The highest BCUT2D eigenvalue weighted by molar-refractivity contribution is 14.1. The zero-order valence-electron chi connectivity index (χ0n) is 18.5. The first-order valence-electron chi connectivity index (χ1n) is 10.6. The normalized spacial score (nSPS) is 9.91. The van der Waals surface area contributed by atoms with Crippen LogP contribution in [0, 0.1) is 3.57 Å². The highest BCUT2D eigenvalue weighted by atomic mass is 127. The maximum Gasteiger partial charge on any atom is 0.0681 e. The monoisotopic (exact) mass is 548 g/mol. The van der Waals surface area contributed by atoms with E-state index in [1.165, 1.54) is 14.7 Å². The van der Waals surface area contributed by atoms with Crippen LogP contribution in [0.1, 0.15) is 27.8 Å². The first kappa shape index (κ1) is 26.3. The van der Waals surface area contributed by atoms with Crippen LogP contribution < -0.4 is 0 Å². The molecule has 0 radical (unpaired) electrons. The van der Waals surface area contributed by atoms with Gasteiger partial charge in [-0.3, -0.25) is 0 Å². The van der Waals surface area contributed by atoms with Crippen molar-refractivity contribution in [2.24, 2.45) is 0 Å². The Morgan fingerprint density at radius 3 is 1.33 bits per heavy atom. The summed E-state index contributed by atoms with van der Waals surface area (Å²) in [6.07, 6.45) is 5.98. The average Bonchev–Trinajstić information content (AvgIpc) is 2.90. The molecule has 0 fully saturated rings. The first-order chi connectivity index (χ1) is 16.1. The second kappa shape index (κ2) is 15.8. The molecule has 0 spiro atoms. The Hall–Kier alpha value is -2.99. The smallest absolute Gasteiger partial charge is 0.0681 e. The van der Waals surface area contributed by atoms with Gasteiger partial charge in [-0.2, -0.15) is 0 Å². The van der Waals surface area contributed by atoms with Crippen molar-refractivity contribution < 1.29 is 10.2 Å². The fourth-order valence-electron chi connectivity index (χ4n) is 2.67. The van der Waals surface area contributed by atoms with E-state index in [0.717, 1.165) is 16.7 Å². The summed E-state index contributed by atoms with van der Waals surface area (Å²) >= 11 is 2.23. The number of rotatable bonds is 5. The van der Waals surface area contributed by atoms with Gasteiger partial charge in [0.05, 0.1) is 13.2 Å². The summed E-state index contributed by atoms with van der Waals surface area (Å²) in [5.41, 5.74) is 5.41. The van der Waals surface area contributed by atoms with E-state index < -0.39 is 0 Å². The number of aliphatic hydroxyl groups excluding tert-OH is 2. The van der Waals surface area contributed by atoms with Crippen molar-refractivity contribution in [2.75, 3.05) is 0 Å². The lowest BCUT2D eigenvalue weighted by Crippen LogP contribution is -1.81. The maximum atomic E-state index is 8.92. The fraction of sp³-hybridized carbons (Fsp3) is 0.0667. The van der Waals surface area contributed by atoms with Crippen LogP contribution in [0.4, 0.5) is 0 Å². The molecule has 0 saturated carbocycles. The van der Waals surface area contributed by atoms with Crippen molar-refractivity contribution in [2.45, 2.75) is 13.2 Å². The number of aliphatic hydroxyl groups is 2. The van der Waals surface area contributed by atoms with Crippen molar-refractivity contribution in [3.8, 4) is 0 Å². The number of hydrogen-bond donors (Lipinski definition) is 2. The summed E-state index contributed by atoms with van der Waals surface area (Å²) in [5, 5.41) is 17.5. The lowest BCUT2D eigenvalue weighted by Gasteiger charge is -1.97. The maximum absolute atomic E-state index is 8.92. The minimum absolute atomic E-state index is 0.0999. The molecule has 33 heavy (non-hydrogen) atoms. The van der Waals surface area contributed by atoms with E-state index in [1.54, 1.807) is 0 Å². The van der Waals surface area contributed by atoms with Crippen LogP contribution in [0.25, 0.3) is 18.2 Å². The molecule has 0 saturated heterocycles. The fourth-order valence-corrected chi connectivity index (χ4v) is 3.03. The Bertz CT molecular complexity index is 1070. The van der Waals surface area contributed by atoms with Gasteiger partial charge in [0, 0.05) is 3.57 Å². The van der Waals surface area contributed by atoms with Crippen LogP contribution in [-0.4, -0.2) is 10.2 Å². The van der Waals surface area contributed by atoms with Gasteiger partial charge in [0.2, 0.25) is 0 Å². The molecule has 3 heteroatoms. The quantitative estimate of drug-likeness (QED) is 0.201. The Balaban J connectivity index is 0.000000192. The van der Waals surface area contributed by atoms with E-state index in [9.17, 15) is 0 Å². The van der Waals surface area contributed by atoms with Gasteiger partial charge in [-0.25, -0.2) is 0 Å². The minimum atomic E-state index is 0.0999. The van der Waals surface area contributed by atoms with Crippen molar-refractivity contribution >= 4 is 40.8 Å². The Morgan fingerprint density at radius 2 is 0.939 bits per heavy atom. The Labute approximate surface area is 210 Å². The van der Waals surface area contributed by atoms with Gasteiger partial charge in [0.1, 0.15) is 0 Å². The molecule has 0 unspecified atom stereocenters. The van der Waals surface area contributed by atoms with Crippen molar-refractivity contribution in [3.05, 3.63) is 147 Å². The molecule has 0 aliphatic heterocycles. The summed E-state index contributed by atoms with van der Waals surface area (Å²) in [6.45, 7) is 3.87. The van der Waals surface area contributed by atoms with Gasteiger partial charge >= 0.3 is 0 Å². The molecular formula is C30H29IO2. The molecule has 0 amide bonds. The van der Waals surface area contributed by atoms with E-state index in [2.05, 4.69) is 53.5 Å². The van der Waals surface area contributed by atoms with E-state index in [-0.39, 0.29) is 13.2 Å². The van der Waals surface area contributed by atoms with Crippen molar-refractivity contribution in [3.63, 3.8) is 0 Å². The first-order valence-corrected chi connectivity index (χ1v) is 11.7. The highest BCUT2D eigenvalue weighted by Gasteiger charge is 1.90. The highest BCUT2D eigenvalue weighted by Crippen LogP contribution is 2.09. The molecule has 2 nitrogen and oxygen atoms in total. The van der Waals surface area contributed by atoms with Gasteiger partial charge in [-0.15, -0.1) is 0 Å². The molecule has 0 bridgehead atoms. The largest absolute Gasteiger partial charge is 0.392 e. The predicted molar refractivity (Wildman–Crippen MR) is 149 cm³/mol. The topological polar surface area (TPSA) is 40.5 Å². The molecule has 4 aromatic rings. The molecule has 0 aromatic heterocycles. The third-order valence-corrected chi connectivity index (χ3v) is 5.28. The molecule has 0 aliphatic rings. The van der Waals surface area contributed by atoms with E-state index in [1.807, 2.05) is 103 Å². The average molecular weight is 548 g/mol. The predicted octanol–water partition coefficient (Wildman–Crippen LogP) is 7.46. The SMILES string of the molecule is C=Cc1ccccc1.OCc1ccc(/C=C/c2ccccc2)cc1.OCc1ccc(I)cc1. The van der Waals surface area contributed by atoms with Crippen molar-refractivity contribution in [1.82, 2.24) is 0 Å². The van der Waals surface area contributed by atoms with Crippen LogP contribution in [0.5, 0.6) is 0 Å². The zero-order valence-corrected chi connectivity index (χ0v) is 20.7. The molecule has 0 aliphatic carbocycles. The second-order valence-electron chi connectivity index (χ2n) is 7.04. The Morgan fingerprint density at radius 1 is 0.545 bits per heavy atom. The minimum Gasteiger partial charge on any atom is -0.392 e. The van der Waals surface area contributed by atoms with Crippen LogP contribution in [-0.2, 0) is 13.2 Å². The second-order valence-corrected chi connectivity index (χ2v) is 8.29. The Kier molecular flexibility index (Phi) is 12.5. The molecule has 168 valence electrons. The van der Waals surface area contributed by atoms with Crippen LogP contribution in [0.3, 0.4) is 0 Å². The molecule has 0 atom stereocenters. The van der Waals surface area contributed by atoms with Gasteiger partial charge in [0.15, 0.2) is 0 Å². The number of benzene rings is 4. The van der Waals surface area contributed by atoms with Crippen molar-refractivity contribution in [1.29, 1.82) is 0 Å². The molecule has 0 heterocycles. The van der Waals surface area contributed by atoms with Crippen LogP contribution in [0.2, 0.25) is 0 Å². The van der Waals surface area contributed by atoms with Gasteiger partial charge in [-0.1, -0.05) is 122 Å². The van der Waals surface area contributed by atoms with Gasteiger partial charge in [-0.05, 0) is 62.5 Å². The lowest BCUT2D eigenvalue weighted by molar-refractivity contribution is 0.281. The standard InChI is InChI=1S/C15H14O.C8H8.C7H7IO/c16-12-15-10-8-14(9-11-15)7-6-13-4-2-1-3-5-13;1-2-8-6-4-3-5-7-8;8-7-3-1-6(5-9)2-4-7/h1-11,16H,12H2;2-7H,1H2;1-4,9H,5H2/b7-6+;;. The van der Waals surface area contributed by atoms with Crippen LogP contribution >= 0.6 is 22.6 Å². The summed E-state index contributed by atoms with van der Waals surface area (Å²) in [7, 11) is 0.